The van der Waals surface area contributed by atoms with Gasteiger partial charge in [0.2, 0.25) is 5.91 Å². The summed E-state index contributed by atoms with van der Waals surface area (Å²) in [7, 11) is 0. The van der Waals surface area contributed by atoms with Crippen molar-refractivity contribution in [2.75, 3.05) is 19.6 Å². The molecule has 0 radical (unpaired) electrons. The van der Waals surface area contributed by atoms with Gasteiger partial charge in [-0.1, -0.05) is 28.1 Å². The Morgan fingerprint density at radius 3 is 2.80 bits per heavy atom. The van der Waals surface area contributed by atoms with Crippen LogP contribution in [0.25, 0.3) is 0 Å². The molecular formula is C16H23BrN2O. The molecule has 0 aliphatic carbocycles. The molecule has 0 saturated carbocycles. The van der Waals surface area contributed by atoms with E-state index in [1.807, 2.05) is 0 Å². The van der Waals surface area contributed by atoms with E-state index in [1.54, 1.807) is 6.92 Å². The molecule has 1 N–H and O–H groups in total. The van der Waals surface area contributed by atoms with Gasteiger partial charge in [0.05, 0.1) is 0 Å². The summed E-state index contributed by atoms with van der Waals surface area (Å²) in [6.07, 6.45) is 2.43. The van der Waals surface area contributed by atoms with Crippen molar-refractivity contribution in [3.05, 3.63) is 34.3 Å². The maximum atomic E-state index is 11.0. The van der Waals surface area contributed by atoms with Gasteiger partial charge in [-0.15, -0.1) is 0 Å². The van der Waals surface area contributed by atoms with Crippen molar-refractivity contribution < 1.29 is 4.79 Å². The van der Waals surface area contributed by atoms with Crippen LogP contribution in [0, 0.1) is 5.92 Å². The zero-order chi connectivity index (χ0) is 14.5. The lowest BCUT2D eigenvalue weighted by molar-refractivity contribution is -0.119. The number of hydrogen-bond donors (Lipinski definition) is 1. The normalized spacial score (nSPS) is 21.4. The van der Waals surface area contributed by atoms with Crippen molar-refractivity contribution in [1.29, 1.82) is 0 Å². The van der Waals surface area contributed by atoms with E-state index in [4.69, 9.17) is 0 Å². The summed E-state index contributed by atoms with van der Waals surface area (Å²) >= 11 is 3.48. The second kappa shape index (κ2) is 7.23. The number of hydrogen-bond acceptors (Lipinski definition) is 2. The van der Waals surface area contributed by atoms with E-state index in [0.29, 0.717) is 12.0 Å². The number of piperidine rings is 1. The van der Waals surface area contributed by atoms with Crippen LogP contribution in [0.15, 0.2) is 28.7 Å². The van der Waals surface area contributed by atoms with Crippen LogP contribution in [0.3, 0.4) is 0 Å². The second-order valence-electron chi connectivity index (χ2n) is 5.67. The first-order chi connectivity index (χ1) is 9.56. The van der Waals surface area contributed by atoms with Gasteiger partial charge in [0.1, 0.15) is 0 Å². The fourth-order valence-electron chi connectivity index (χ4n) is 2.86. The third-order valence-electron chi connectivity index (χ3n) is 4.09. The number of nitrogens with zero attached hydrogens (tertiary/aromatic N) is 1. The summed E-state index contributed by atoms with van der Waals surface area (Å²) in [4.78, 5) is 13.6. The summed E-state index contributed by atoms with van der Waals surface area (Å²) in [5, 5.41) is 2.95. The number of amides is 1. The van der Waals surface area contributed by atoms with Crippen molar-refractivity contribution in [3.8, 4) is 0 Å². The Balaban J connectivity index is 1.94. The number of nitrogens with one attached hydrogen (secondary N) is 1. The zero-order valence-corrected chi connectivity index (χ0v) is 13.8. The molecule has 2 unspecified atom stereocenters. The molecular weight excluding hydrogens is 316 g/mol. The van der Waals surface area contributed by atoms with Gasteiger partial charge in [0.15, 0.2) is 0 Å². The minimum absolute atomic E-state index is 0.0723. The average Bonchev–Trinajstić information content (AvgIpc) is 2.45. The maximum Gasteiger partial charge on any atom is 0.216 e. The van der Waals surface area contributed by atoms with Gasteiger partial charge in [-0.05, 0) is 49.9 Å². The van der Waals surface area contributed by atoms with Gasteiger partial charge in [0.25, 0.3) is 0 Å². The molecule has 110 valence electrons. The highest BCUT2D eigenvalue weighted by molar-refractivity contribution is 9.10. The summed E-state index contributed by atoms with van der Waals surface area (Å²) < 4.78 is 1.12. The number of carbonyl (C=O) groups excluding carboxylic acids is 1. The average molecular weight is 339 g/mol. The van der Waals surface area contributed by atoms with E-state index in [2.05, 4.69) is 57.3 Å². The van der Waals surface area contributed by atoms with Gasteiger partial charge in [-0.2, -0.15) is 0 Å². The SMILES string of the molecule is CC(=O)NCC1CCCN(C(C)c2ccc(Br)cc2)C1. The number of carbonyl (C=O) groups is 1. The van der Waals surface area contributed by atoms with Crippen LogP contribution in [-0.4, -0.2) is 30.4 Å². The highest BCUT2D eigenvalue weighted by Crippen LogP contribution is 2.27. The molecule has 0 spiro atoms. The van der Waals surface area contributed by atoms with Crippen LogP contribution in [0.2, 0.25) is 0 Å². The van der Waals surface area contributed by atoms with Crippen molar-refractivity contribution in [3.63, 3.8) is 0 Å². The number of benzene rings is 1. The summed E-state index contributed by atoms with van der Waals surface area (Å²) in [6.45, 7) is 6.87. The van der Waals surface area contributed by atoms with Crippen molar-refractivity contribution in [1.82, 2.24) is 10.2 Å². The highest BCUT2D eigenvalue weighted by Gasteiger charge is 2.24. The molecule has 1 heterocycles. The first kappa shape index (κ1) is 15.5. The second-order valence-corrected chi connectivity index (χ2v) is 6.58. The standard InChI is InChI=1S/C16H23BrN2O/c1-12(15-5-7-16(17)8-6-15)19-9-3-4-14(11-19)10-18-13(2)20/h5-8,12,14H,3-4,9-11H2,1-2H3,(H,18,20). The van der Waals surface area contributed by atoms with Crippen LogP contribution in [0.4, 0.5) is 0 Å². The van der Waals surface area contributed by atoms with Crippen molar-refractivity contribution in [2.24, 2.45) is 5.92 Å². The molecule has 1 aromatic rings. The lowest BCUT2D eigenvalue weighted by atomic mass is 9.95. The van der Waals surface area contributed by atoms with Crippen LogP contribution >= 0.6 is 15.9 Å². The van der Waals surface area contributed by atoms with Gasteiger partial charge in [-0.3, -0.25) is 9.69 Å². The fraction of sp³-hybridized carbons (Fsp3) is 0.562. The summed E-state index contributed by atoms with van der Waals surface area (Å²) in [6, 6.07) is 9.01. The lowest BCUT2D eigenvalue weighted by Gasteiger charge is -2.37. The molecule has 4 heteroatoms. The topological polar surface area (TPSA) is 32.3 Å². The van der Waals surface area contributed by atoms with E-state index >= 15 is 0 Å². The van der Waals surface area contributed by atoms with Crippen LogP contribution in [-0.2, 0) is 4.79 Å². The Morgan fingerprint density at radius 2 is 2.15 bits per heavy atom. The van der Waals surface area contributed by atoms with Crippen LogP contribution < -0.4 is 5.32 Å². The predicted molar refractivity (Wildman–Crippen MR) is 85.5 cm³/mol. The maximum absolute atomic E-state index is 11.0. The molecule has 20 heavy (non-hydrogen) atoms. The third-order valence-corrected chi connectivity index (χ3v) is 4.62. The van der Waals surface area contributed by atoms with E-state index in [1.165, 1.54) is 18.4 Å². The van der Waals surface area contributed by atoms with Crippen LogP contribution in [0.1, 0.15) is 38.3 Å². The Labute approximate surface area is 129 Å². The molecule has 0 bridgehead atoms. The number of halogens is 1. The molecule has 2 atom stereocenters. The molecule has 1 aliphatic rings. The smallest absolute Gasteiger partial charge is 0.216 e. The molecule has 1 aromatic carbocycles. The van der Waals surface area contributed by atoms with Crippen molar-refractivity contribution >= 4 is 21.8 Å². The zero-order valence-electron chi connectivity index (χ0n) is 12.2. The molecule has 2 rings (SSSR count). The third kappa shape index (κ3) is 4.32. The molecule has 1 saturated heterocycles. The number of likely N-dealkylation sites (tertiary alicyclic amines) is 1. The summed E-state index contributed by atoms with van der Waals surface area (Å²) in [5.74, 6) is 0.647. The molecule has 1 amide bonds. The Morgan fingerprint density at radius 1 is 1.45 bits per heavy atom. The van der Waals surface area contributed by atoms with E-state index in [9.17, 15) is 4.79 Å². The first-order valence-corrected chi connectivity index (χ1v) is 8.09. The largest absolute Gasteiger partial charge is 0.356 e. The Hall–Kier alpha value is -0.870. The Kier molecular flexibility index (Phi) is 5.61. The quantitative estimate of drug-likeness (QED) is 0.912. The van der Waals surface area contributed by atoms with E-state index in [-0.39, 0.29) is 5.91 Å². The number of rotatable bonds is 4. The fourth-order valence-corrected chi connectivity index (χ4v) is 3.12. The van der Waals surface area contributed by atoms with Gasteiger partial charge in [0, 0.05) is 30.5 Å². The Bertz CT molecular complexity index is 446. The van der Waals surface area contributed by atoms with Crippen LogP contribution in [0.5, 0.6) is 0 Å². The van der Waals surface area contributed by atoms with Gasteiger partial charge < -0.3 is 5.32 Å². The van der Waals surface area contributed by atoms with Gasteiger partial charge >= 0.3 is 0 Å². The van der Waals surface area contributed by atoms with E-state index < -0.39 is 0 Å². The van der Waals surface area contributed by atoms with Crippen molar-refractivity contribution in [2.45, 2.75) is 32.7 Å². The first-order valence-electron chi connectivity index (χ1n) is 7.30. The minimum atomic E-state index is 0.0723. The molecule has 1 fully saturated rings. The van der Waals surface area contributed by atoms with E-state index in [0.717, 1.165) is 24.1 Å². The molecule has 3 nitrogen and oxygen atoms in total. The van der Waals surface area contributed by atoms with Gasteiger partial charge in [-0.25, -0.2) is 0 Å². The predicted octanol–water partition coefficient (Wildman–Crippen LogP) is 3.36. The lowest BCUT2D eigenvalue weighted by Crippen LogP contribution is -2.41. The highest BCUT2D eigenvalue weighted by atomic mass is 79.9. The summed E-state index contributed by atoms with van der Waals surface area (Å²) in [5.41, 5.74) is 1.35. The monoisotopic (exact) mass is 338 g/mol. The minimum Gasteiger partial charge on any atom is -0.356 e. The molecule has 0 aromatic heterocycles. The molecule has 1 aliphatic heterocycles.